The van der Waals surface area contributed by atoms with Crippen molar-refractivity contribution in [2.24, 2.45) is 0 Å². The van der Waals surface area contributed by atoms with Gasteiger partial charge in [-0.3, -0.25) is 0 Å². The molecule has 168 valence electrons. The number of aryl methyl sites for hydroxylation is 2. The largest absolute Gasteiger partial charge is 0.478 e. The third-order valence-corrected chi connectivity index (χ3v) is 5.15. The predicted octanol–water partition coefficient (Wildman–Crippen LogP) is 5.62. The molecule has 0 spiro atoms. The lowest BCUT2D eigenvalue weighted by Crippen LogP contribution is -2.55. The smallest absolute Gasteiger partial charge is 0.411 e. The lowest BCUT2D eigenvalue weighted by Gasteiger charge is -2.39. The van der Waals surface area contributed by atoms with Crippen LogP contribution in [0.3, 0.4) is 0 Å². The molecule has 0 saturated carbocycles. The van der Waals surface area contributed by atoms with Gasteiger partial charge in [0.05, 0.1) is 11.1 Å². The van der Waals surface area contributed by atoms with Crippen molar-refractivity contribution in [3.05, 3.63) is 69.8 Å². The summed E-state index contributed by atoms with van der Waals surface area (Å²) in [7, 11) is 0. The highest BCUT2D eigenvalue weighted by atomic mass is 19.4. The van der Waals surface area contributed by atoms with Gasteiger partial charge in [0.15, 0.2) is 0 Å². The lowest BCUT2D eigenvalue weighted by atomic mass is 9.71. The van der Waals surface area contributed by atoms with Gasteiger partial charge in [0.2, 0.25) is 5.41 Å². The summed E-state index contributed by atoms with van der Waals surface area (Å²) < 4.78 is 85.7. The molecule has 0 atom stereocenters. The Hall–Kier alpha value is -3.04. The van der Waals surface area contributed by atoms with E-state index in [9.17, 15) is 46.1 Å². The summed E-state index contributed by atoms with van der Waals surface area (Å²) in [6, 6.07) is 3.63. The fraction of sp³-hybridized carbons (Fsp3) is 0.333. The zero-order valence-corrected chi connectivity index (χ0v) is 16.4. The third-order valence-electron chi connectivity index (χ3n) is 5.15. The van der Waals surface area contributed by atoms with Crippen LogP contribution in [0, 0.1) is 0 Å². The van der Waals surface area contributed by atoms with Gasteiger partial charge in [0.25, 0.3) is 0 Å². The molecule has 0 heterocycles. The first-order chi connectivity index (χ1) is 14.2. The van der Waals surface area contributed by atoms with Gasteiger partial charge in [0.1, 0.15) is 0 Å². The number of rotatable bonds is 6. The molecule has 0 amide bonds. The van der Waals surface area contributed by atoms with Crippen LogP contribution in [0.15, 0.2) is 36.4 Å². The van der Waals surface area contributed by atoms with Crippen molar-refractivity contribution in [2.75, 3.05) is 0 Å². The van der Waals surface area contributed by atoms with Crippen molar-refractivity contribution >= 4 is 11.9 Å². The van der Waals surface area contributed by atoms with E-state index in [4.69, 9.17) is 0 Å². The number of benzene rings is 2. The molecule has 0 bridgehead atoms. The van der Waals surface area contributed by atoms with Crippen molar-refractivity contribution in [1.82, 2.24) is 0 Å². The summed E-state index contributed by atoms with van der Waals surface area (Å²) >= 11 is 0. The van der Waals surface area contributed by atoms with Crippen LogP contribution in [0.5, 0.6) is 0 Å². The van der Waals surface area contributed by atoms with E-state index >= 15 is 0 Å². The normalized spacial score (nSPS) is 12.6. The van der Waals surface area contributed by atoms with Gasteiger partial charge in [-0.1, -0.05) is 38.1 Å². The standard InChI is InChI=1S/C21H18F6O4/c1-3-11-9-13(5-7-15(11)17(28)29)19(20(22,23)24,21(25,26)27)14-6-8-16(18(30)31)12(4-2)10-14/h5-10H,3-4H2,1-2H3,(H,28,29)(H,30,31). The highest BCUT2D eigenvalue weighted by Gasteiger charge is 2.72. The Labute approximate surface area is 173 Å². The molecule has 31 heavy (non-hydrogen) atoms. The number of carbonyl (C=O) groups is 2. The summed E-state index contributed by atoms with van der Waals surface area (Å²) in [5.74, 6) is -2.96. The van der Waals surface area contributed by atoms with Crippen molar-refractivity contribution < 1.29 is 46.1 Å². The predicted molar refractivity (Wildman–Crippen MR) is 98.4 cm³/mol. The monoisotopic (exact) mass is 448 g/mol. The van der Waals surface area contributed by atoms with Crippen LogP contribution in [-0.2, 0) is 18.3 Å². The lowest BCUT2D eigenvalue weighted by molar-refractivity contribution is -0.288. The second kappa shape index (κ2) is 8.24. The van der Waals surface area contributed by atoms with E-state index in [1.807, 2.05) is 0 Å². The fourth-order valence-corrected chi connectivity index (χ4v) is 3.64. The SMILES string of the molecule is CCc1cc(C(c2ccc(C(=O)O)c(CC)c2)(C(F)(F)F)C(F)(F)F)ccc1C(=O)O. The summed E-state index contributed by atoms with van der Waals surface area (Å²) in [5, 5.41) is 18.4. The maximum Gasteiger partial charge on any atom is 0.411 e. The van der Waals surface area contributed by atoms with Crippen LogP contribution in [0.2, 0.25) is 0 Å². The van der Waals surface area contributed by atoms with Gasteiger partial charge in [0, 0.05) is 0 Å². The summed E-state index contributed by atoms with van der Waals surface area (Å²) in [4.78, 5) is 22.6. The topological polar surface area (TPSA) is 74.6 Å². The minimum absolute atomic E-state index is 0.112. The van der Waals surface area contributed by atoms with Gasteiger partial charge in [-0.05, 0) is 47.2 Å². The molecule has 2 N–H and O–H groups in total. The number of hydrogen-bond donors (Lipinski definition) is 2. The molecular formula is C21H18F6O4. The molecule has 0 unspecified atom stereocenters. The molecule has 2 aromatic carbocycles. The first kappa shape index (κ1) is 24.2. The summed E-state index contributed by atoms with van der Waals surface area (Å²) in [6.45, 7) is 2.82. The van der Waals surface area contributed by atoms with Gasteiger partial charge in [-0.25, -0.2) is 9.59 Å². The van der Waals surface area contributed by atoms with Crippen LogP contribution in [0.4, 0.5) is 26.3 Å². The Morgan fingerprint density at radius 2 is 1.03 bits per heavy atom. The first-order valence-electron chi connectivity index (χ1n) is 9.09. The number of carboxylic acid groups (broad SMARTS) is 2. The van der Waals surface area contributed by atoms with E-state index in [0.717, 1.165) is 12.1 Å². The van der Waals surface area contributed by atoms with E-state index in [1.165, 1.54) is 13.8 Å². The first-order valence-corrected chi connectivity index (χ1v) is 9.09. The fourth-order valence-electron chi connectivity index (χ4n) is 3.64. The Morgan fingerprint density at radius 1 is 0.710 bits per heavy atom. The molecule has 0 radical (unpaired) electrons. The van der Waals surface area contributed by atoms with Crippen LogP contribution in [0.1, 0.15) is 56.8 Å². The second-order valence-electron chi connectivity index (χ2n) is 6.81. The Morgan fingerprint density at radius 3 is 1.26 bits per heavy atom. The average Bonchev–Trinajstić information content (AvgIpc) is 2.65. The highest BCUT2D eigenvalue weighted by molar-refractivity contribution is 5.90. The second-order valence-corrected chi connectivity index (χ2v) is 6.81. The summed E-state index contributed by atoms with van der Waals surface area (Å²) in [5.41, 5.74) is -8.07. The molecule has 0 aliphatic rings. The number of alkyl halides is 6. The Bertz CT molecular complexity index is 926. The van der Waals surface area contributed by atoms with Crippen LogP contribution >= 0.6 is 0 Å². The van der Waals surface area contributed by atoms with Gasteiger partial charge in [-0.15, -0.1) is 0 Å². The van der Waals surface area contributed by atoms with Gasteiger partial charge < -0.3 is 10.2 Å². The van der Waals surface area contributed by atoms with E-state index in [-0.39, 0.29) is 24.0 Å². The van der Waals surface area contributed by atoms with E-state index in [2.05, 4.69) is 0 Å². The quantitative estimate of drug-likeness (QED) is 0.563. The van der Waals surface area contributed by atoms with Crippen LogP contribution < -0.4 is 0 Å². The molecule has 10 heteroatoms. The zero-order chi connectivity index (χ0) is 23.8. The van der Waals surface area contributed by atoms with Crippen molar-refractivity contribution in [3.8, 4) is 0 Å². The maximum atomic E-state index is 14.3. The molecule has 2 rings (SSSR count). The number of carboxylic acids is 2. The molecule has 2 aromatic rings. The number of halogens is 6. The maximum absolute atomic E-state index is 14.3. The van der Waals surface area contributed by atoms with E-state index in [1.54, 1.807) is 0 Å². The van der Waals surface area contributed by atoms with Crippen molar-refractivity contribution in [2.45, 2.75) is 44.5 Å². The number of aromatic carboxylic acids is 2. The minimum atomic E-state index is -5.86. The molecule has 0 aromatic heterocycles. The van der Waals surface area contributed by atoms with Gasteiger partial charge >= 0.3 is 24.3 Å². The van der Waals surface area contributed by atoms with Crippen molar-refractivity contribution in [3.63, 3.8) is 0 Å². The highest BCUT2D eigenvalue weighted by Crippen LogP contribution is 2.56. The Balaban J connectivity index is 3.00. The number of hydrogen-bond acceptors (Lipinski definition) is 2. The third kappa shape index (κ3) is 3.98. The zero-order valence-electron chi connectivity index (χ0n) is 16.4. The Kier molecular flexibility index (Phi) is 6.44. The molecule has 0 fully saturated rings. The van der Waals surface area contributed by atoms with Crippen LogP contribution in [-0.4, -0.2) is 34.5 Å². The average molecular weight is 448 g/mol. The molecular weight excluding hydrogens is 430 g/mol. The van der Waals surface area contributed by atoms with Crippen molar-refractivity contribution in [1.29, 1.82) is 0 Å². The molecule has 0 saturated heterocycles. The minimum Gasteiger partial charge on any atom is -0.478 e. The van der Waals surface area contributed by atoms with E-state index < -0.39 is 52.0 Å². The molecule has 0 aliphatic heterocycles. The molecule has 4 nitrogen and oxygen atoms in total. The summed E-state index contributed by atoms with van der Waals surface area (Å²) in [6.07, 6.45) is -12.0. The van der Waals surface area contributed by atoms with Gasteiger partial charge in [-0.2, -0.15) is 26.3 Å². The molecule has 0 aliphatic carbocycles. The van der Waals surface area contributed by atoms with Crippen LogP contribution in [0.25, 0.3) is 0 Å². The van der Waals surface area contributed by atoms with E-state index in [0.29, 0.717) is 24.3 Å².